The van der Waals surface area contributed by atoms with Crippen LogP contribution in [-0.2, 0) is 12.0 Å². The van der Waals surface area contributed by atoms with Gasteiger partial charge in [-0.1, -0.05) is 24.3 Å². The van der Waals surface area contributed by atoms with Crippen LogP contribution in [0.3, 0.4) is 0 Å². The lowest BCUT2D eigenvalue weighted by atomic mass is 9.92. The second kappa shape index (κ2) is 3.31. The number of hydrogen-bond donors (Lipinski definition) is 1. The maximum atomic E-state index is 13.6. The molecule has 0 atom stereocenters. The lowest BCUT2D eigenvalue weighted by Crippen LogP contribution is -2.24. The van der Waals surface area contributed by atoms with Gasteiger partial charge in [0.05, 0.1) is 0 Å². The van der Waals surface area contributed by atoms with E-state index in [-0.39, 0.29) is 5.54 Å². The Bertz CT molecular complexity index is 361. The smallest absolute Gasteiger partial charge is 0.109 e. The van der Waals surface area contributed by atoms with Crippen molar-refractivity contribution in [2.45, 2.75) is 44.3 Å². The Balaban J connectivity index is 2.31. The third-order valence-corrected chi connectivity index (χ3v) is 2.95. The van der Waals surface area contributed by atoms with Crippen molar-refractivity contribution in [1.29, 1.82) is 0 Å². The molecule has 1 fully saturated rings. The molecule has 0 radical (unpaired) electrons. The molecule has 15 heavy (non-hydrogen) atoms. The van der Waals surface area contributed by atoms with Crippen LogP contribution >= 0.6 is 0 Å². The van der Waals surface area contributed by atoms with E-state index in [1.165, 1.54) is 0 Å². The zero-order valence-electron chi connectivity index (χ0n) is 9.39. The normalized spacial score (nSPS) is 18.9. The summed E-state index contributed by atoms with van der Waals surface area (Å²) in [6.07, 6.45) is 2.50. The van der Waals surface area contributed by atoms with Crippen LogP contribution in [-0.4, -0.2) is 5.67 Å². The molecule has 82 valence electrons. The zero-order chi connectivity index (χ0) is 11.1. The van der Waals surface area contributed by atoms with E-state index in [0.29, 0.717) is 6.42 Å². The van der Waals surface area contributed by atoms with Gasteiger partial charge in [0, 0.05) is 12.0 Å². The third-order valence-electron chi connectivity index (χ3n) is 2.95. The minimum Gasteiger partial charge on any atom is -0.321 e. The van der Waals surface area contributed by atoms with E-state index in [1.807, 2.05) is 24.3 Å². The van der Waals surface area contributed by atoms with Crippen LogP contribution in [0.1, 0.15) is 37.8 Å². The van der Waals surface area contributed by atoms with Crippen LogP contribution in [0.25, 0.3) is 0 Å². The van der Waals surface area contributed by atoms with Crippen molar-refractivity contribution in [2.24, 2.45) is 5.73 Å². The van der Waals surface area contributed by atoms with Crippen molar-refractivity contribution in [2.75, 3.05) is 0 Å². The van der Waals surface area contributed by atoms with Crippen molar-refractivity contribution < 1.29 is 4.39 Å². The number of alkyl halides is 1. The second-order valence-electron chi connectivity index (χ2n) is 5.21. The summed E-state index contributed by atoms with van der Waals surface area (Å²) in [7, 11) is 0. The molecular weight excluding hydrogens is 189 g/mol. The summed E-state index contributed by atoms with van der Waals surface area (Å²) in [4.78, 5) is 0. The molecule has 0 aromatic heterocycles. The first-order valence-corrected chi connectivity index (χ1v) is 5.47. The summed E-state index contributed by atoms with van der Waals surface area (Å²) in [5.41, 5.74) is 7.03. The fraction of sp³-hybridized carbons (Fsp3) is 0.538. The summed E-state index contributed by atoms with van der Waals surface area (Å²) < 4.78 is 13.6. The van der Waals surface area contributed by atoms with Crippen molar-refractivity contribution >= 4 is 0 Å². The van der Waals surface area contributed by atoms with Gasteiger partial charge in [-0.2, -0.15) is 0 Å². The molecule has 0 saturated heterocycles. The first-order chi connectivity index (χ1) is 6.91. The van der Waals surface area contributed by atoms with Gasteiger partial charge in [0.2, 0.25) is 0 Å². The van der Waals surface area contributed by atoms with E-state index in [9.17, 15) is 4.39 Å². The Morgan fingerprint density at radius 1 is 1.33 bits per heavy atom. The van der Waals surface area contributed by atoms with Gasteiger partial charge in [-0.05, 0) is 37.8 Å². The molecule has 0 bridgehead atoms. The standard InChI is InChI=1S/C13H18FN/c1-12(2,14)9-10-5-3-4-6-11(10)13(15)7-8-13/h3-6H,7-9,15H2,1-2H3. The molecule has 2 heteroatoms. The molecule has 0 spiro atoms. The molecule has 1 aromatic rings. The Labute approximate surface area is 90.5 Å². The number of hydrogen-bond acceptors (Lipinski definition) is 1. The van der Waals surface area contributed by atoms with Gasteiger partial charge >= 0.3 is 0 Å². The van der Waals surface area contributed by atoms with Crippen molar-refractivity contribution in [3.63, 3.8) is 0 Å². The summed E-state index contributed by atoms with van der Waals surface area (Å²) in [6, 6.07) is 7.96. The molecule has 2 rings (SSSR count). The molecule has 2 N–H and O–H groups in total. The predicted octanol–water partition coefficient (Wildman–Crippen LogP) is 2.93. The van der Waals surface area contributed by atoms with Crippen LogP contribution in [0.15, 0.2) is 24.3 Å². The average molecular weight is 207 g/mol. The second-order valence-corrected chi connectivity index (χ2v) is 5.21. The lowest BCUT2D eigenvalue weighted by molar-refractivity contribution is 0.216. The third kappa shape index (κ3) is 2.37. The van der Waals surface area contributed by atoms with Crippen LogP contribution in [0, 0.1) is 0 Å². The summed E-state index contributed by atoms with van der Waals surface area (Å²) in [5.74, 6) is 0. The highest BCUT2D eigenvalue weighted by molar-refractivity contribution is 5.38. The Morgan fingerprint density at radius 3 is 2.47 bits per heavy atom. The largest absolute Gasteiger partial charge is 0.321 e. The lowest BCUT2D eigenvalue weighted by Gasteiger charge is -2.20. The maximum absolute atomic E-state index is 13.6. The van der Waals surface area contributed by atoms with Gasteiger partial charge in [-0.15, -0.1) is 0 Å². The molecule has 0 aliphatic heterocycles. The Morgan fingerprint density at radius 2 is 1.93 bits per heavy atom. The predicted molar refractivity (Wildman–Crippen MR) is 60.4 cm³/mol. The molecule has 1 nitrogen and oxygen atoms in total. The van der Waals surface area contributed by atoms with Gasteiger partial charge in [0.15, 0.2) is 0 Å². The first kappa shape index (κ1) is 10.6. The highest BCUT2D eigenvalue weighted by Gasteiger charge is 2.41. The van der Waals surface area contributed by atoms with Crippen molar-refractivity contribution in [3.8, 4) is 0 Å². The molecular formula is C13H18FN. The minimum absolute atomic E-state index is 0.165. The van der Waals surface area contributed by atoms with E-state index in [4.69, 9.17) is 5.73 Å². The van der Waals surface area contributed by atoms with E-state index in [2.05, 4.69) is 0 Å². The molecule has 0 heterocycles. The molecule has 1 aliphatic carbocycles. The van der Waals surface area contributed by atoms with Crippen LogP contribution in [0.5, 0.6) is 0 Å². The fourth-order valence-electron chi connectivity index (χ4n) is 2.02. The Kier molecular flexibility index (Phi) is 2.34. The van der Waals surface area contributed by atoms with Crippen molar-refractivity contribution in [1.82, 2.24) is 0 Å². The zero-order valence-corrected chi connectivity index (χ0v) is 9.39. The van der Waals surface area contributed by atoms with E-state index < -0.39 is 5.67 Å². The minimum atomic E-state index is -1.17. The first-order valence-electron chi connectivity index (χ1n) is 5.47. The van der Waals surface area contributed by atoms with Gasteiger partial charge in [-0.25, -0.2) is 4.39 Å². The number of halogens is 1. The number of nitrogens with two attached hydrogens (primary N) is 1. The van der Waals surface area contributed by atoms with Gasteiger partial charge in [0.1, 0.15) is 5.67 Å². The van der Waals surface area contributed by atoms with Crippen LogP contribution < -0.4 is 5.73 Å². The summed E-state index contributed by atoms with van der Waals surface area (Å²) >= 11 is 0. The molecule has 1 aliphatic rings. The monoisotopic (exact) mass is 207 g/mol. The van der Waals surface area contributed by atoms with E-state index >= 15 is 0 Å². The molecule has 1 aromatic carbocycles. The van der Waals surface area contributed by atoms with Gasteiger partial charge in [-0.3, -0.25) is 0 Å². The van der Waals surface area contributed by atoms with Crippen LogP contribution in [0.4, 0.5) is 4.39 Å². The quantitative estimate of drug-likeness (QED) is 0.810. The highest BCUT2D eigenvalue weighted by atomic mass is 19.1. The highest BCUT2D eigenvalue weighted by Crippen LogP contribution is 2.44. The average Bonchev–Trinajstić information content (AvgIpc) is 2.83. The topological polar surface area (TPSA) is 26.0 Å². The molecule has 0 amide bonds. The maximum Gasteiger partial charge on any atom is 0.109 e. The van der Waals surface area contributed by atoms with E-state index in [0.717, 1.165) is 24.0 Å². The summed E-state index contributed by atoms with van der Waals surface area (Å²) in [6.45, 7) is 3.22. The number of benzene rings is 1. The Hall–Kier alpha value is -0.890. The van der Waals surface area contributed by atoms with Crippen molar-refractivity contribution in [3.05, 3.63) is 35.4 Å². The molecule has 1 saturated carbocycles. The fourth-order valence-corrected chi connectivity index (χ4v) is 2.02. The van der Waals surface area contributed by atoms with Gasteiger partial charge < -0.3 is 5.73 Å². The number of rotatable bonds is 3. The SMILES string of the molecule is CC(C)(F)Cc1ccccc1C1(N)CC1. The van der Waals surface area contributed by atoms with Crippen LogP contribution in [0.2, 0.25) is 0 Å². The van der Waals surface area contributed by atoms with Gasteiger partial charge in [0.25, 0.3) is 0 Å². The van der Waals surface area contributed by atoms with E-state index in [1.54, 1.807) is 13.8 Å². The molecule has 0 unspecified atom stereocenters. The summed E-state index contributed by atoms with van der Waals surface area (Å²) in [5, 5.41) is 0.